The molecule has 1 aromatic heterocycles. The highest BCUT2D eigenvalue weighted by atomic mass is 16.3. The Morgan fingerprint density at radius 3 is 2.70 bits per heavy atom. The Morgan fingerprint density at radius 1 is 1.15 bits per heavy atom. The Balaban J connectivity index is 1.59. The van der Waals surface area contributed by atoms with E-state index in [1.54, 1.807) is 10.8 Å². The summed E-state index contributed by atoms with van der Waals surface area (Å²) in [6, 6.07) is 14.8. The number of aryl methyl sites for hydroxylation is 1. The lowest BCUT2D eigenvalue weighted by Gasteiger charge is -2.31. The van der Waals surface area contributed by atoms with E-state index in [0.29, 0.717) is 12.0 Å². The highest BCUT2D eigenvalue weighted by Crippen LogP contribution is 2.30. The minimum absolute atomic E-state index is 0.0409. The fraction of sp³-hybridized carbons (Fsp3) is 0.238. The van der Waals surface area contributed by atoms with E-state index in [2.05, 4.69) is 5.32 Å². The van der Waals surface area contributed by atoms with Crippen LogP contribution in [0.1, 0.15) is 33.9 Å². The molecule has 27 heavy (non-hydrogen) atoms. The summed E-state index contributed by atoms with van der Waals surface area (Å²) in [4.78, 5) is 24.4. The zero-order valence-corrected chi connectivity index (χ0v) is 14.8. The Labute approximate surface area is 156 Å². The Kier molecular flexibility index (Phi) is 4.41. The highest BCUT2D eigenvalue weighted by Gasteiger charge is 2.29. The monoisotopic (exact) mass is 363 g/mol. The number of hydrogen-bond acceptors (Lipinski definition) is 3. The van der Waals surface area contributed by atoms with Gasteiger partial charge in [0.2, 0.25) is 5.91 Å². The number of benzene rings is 2. The van der Waals surface area contributed by atoms with Crippen LogP contribution in [0.3, 0.4) is 0 Å². The molecular formula is C21H21N3O3. The van der Waals surface area contributed by atoms with Crippen molar-refractivity contribution in [1.29, 1.82) is 0 Å². The molecule has 1 aliphatic carbocycles. The Morgan fingerprint density at radius 2 is 1.89 bits per heavy atom. The van der Waals surface area contributed by atoms with Crippen molar-refractivity contribution in [2.75, 3.05) is 0 Å². The van der Waals surface area contributed by atoms with Gasteiger partial charge in [-0.2, -0.15) is 0 Å². The zero-order valence-electron chi connectivity index (χ0n) is 14.8. The molecule has 6 nitrogen and oxygen atoms in total. The van der Waals surface area contributed by atoms with Crippen LogP contribution in [-0.4, -0.2) is 27.6 Å². The standard InChI is InChI=1S/C21H21N3O3/c22-21(27)16-11-24(17-8-4-3-7-15(16)17)12-19(26)23-20-14-6-2-1-5-13(14)9-10-18(20)25/h1-8,11,18,20,25H,9-10,12H2,(H2,22,27)(H,23,26)/t18-,20+/m1/s1. The molecule has 138 valence electrons. The summed E-state index contributed by atoms with van der Waals surface area (Å²) >= 11 is 0. The quantitative estimate of drug-likeness (QED) is 0.660. The van der Waals surface area contributed by atoms with E-state index in [1.807, 2.05) is 48.5 Å². The molecule has 4 N–H and O–H groups in total. The second-order valence-corrected chi connectivity index (χ2v) is 6.90. The van der Waals surface area contributed by atoms with Crippen LogP contribution in [0.5, 0.6) is 0 Å². The molecule has 0 saturated carbocycles. The minimum atomic E-state index is -0.619. The van der Waals surface area contributed by atoms with Gasteiger partial charge in [-0.15, -0.1) is 0 Å². The number of amides is 2. The van der Waals surface area contributed by atoms with E-state index in [4.69, 9.17) is 5.73 Å². The van der Waals surface area contributed by atoms with Gasteiger partial charge in [-0.05, 0) is 30.0 Å². The lowest BCUT2D eigenvalue weighted by atomic mass is 9.85. The average Bonchev–Trinajstić information content (AvgIpc) is 3.03. The number of carbonyl (C=O) groups is 2. The van der Waals surface area contributed by atoms with Crippen LogP contribution in [0, 0.1) is 0 Å². The van der Waals surface area contributed by atoms with Crippen LogP contribution in [-0.2, 0) is 17.8 Å². The van der Waals surface area contributed by atoms with Gasteiger partial charge >= 0.3 is 0 Å². The van der Waals surface area contributed by atoms with Crippen molar-refractivity contribution in [2.24, 2.45) is 5.73 Å². The molecule has 0 unspecified atom stereocenters. The second-order valence-electron chi connectivity index (χ2n) is 6.90. The molecule has 3 aromatic rings. The molecule has 6 heteroatoms. The van der Waals surface area contributed by atoms with E-state index in [1.165, 1.54) is 0 Å². The minimum Gasteiger partial charge on any atom is -0.391 e. The summed E-state index contributed by atoms with van der Waals surface area (Å²) in [6.45, 7) is 0.0409. The third kappa shape index (κ3) is 3.19. The van der Waals surface area contributed by atoms with Crippen molar-refractivity contribution in [3.05, 3.63) is 71.4 Å². The number of primary amides is 1. The predicted molar refractivity (Wildman–Crippen MR) is 102 cm³/mol. The molecule has 0 bridgehead atoms. The van der Waals surface area contributed by atoms with Crippen LogP contribution in [0.2, 0.25) is 0 Å². The average molecular weight is 363 g/mol. The number of nitrogens with two attached hydrogens (primary N) is 1. The maximum atomic E-state index is 12.7. The van der Waals surface area contributed by atoms with E-state index in [-0.39, 0.29) is 12.5 Å². The number of nitrogens with one attached hydrogen (secondary N) is 1. The van der Waals surface area contributed by atoms with E-state index >= 15 is 0 Å². The summed E-state index contributed by atoms with van der Waals surface area (Å²) in [5, 5.41) is 14.1. The van der Waals surface area contributed by atoms with Crippen LogP contribution in [0.4, 0.5) is 0 Å². The van der Waals surface area contributed by atoms with Gasteiger partial charge in [0.15, 0.2) is 0 Å². The van der Waals surface area contributed by atoms with E-state index in [0.717, 1.165) is 28.5 Å². The van der Waals surface area contributed by atoms with Gasteiger partial charge in [-0.25, -0.2) is 0 Å². The van der Waals surface area contributed by atoms with Crippen molar-refractivity contribution in [3.8, 4) is 0 Å². The highest BCUT2D eigenvalue weighted by molar-refractivity contribution is 6.06. The predicted octanol–water partition coefficient (Wildman–Crippen LogP) is 1.90. The number of fused-ring (bicyclic) bond motifs is 2. The first-order chi connectivity index (χ1) is 13.0. The summed E-state index contributed by atoms with van der Waals surface area (Å²) in [7, 11) is 0. The van der Waals surface area contributed by atoms with Gasteiger partial charge in [-0.1, -0.05) is 42.5 Å². The maximum absolute atomic E-state index is 12.7. The van der Waals surface area contributed by atoms with E-state index in [9.17, 15) is 14.7 Å². The van der Waals surface area contributed by atoms with Crippen LogP contribution >= 0.6 is 0 Å². The molecular weight excluding hydrogens is 342 g/mol. The molecule has 2 atom stereocenters. The molecule has 0 radical (unpaired) electrons. The third-order valence-electron chi connectivity index (χ3n) is 5.17. The van der Waals surface area contributed by atoms with Crippen LogP contribution < -0.4 is 11.1 Å². The van der Waals surface area contributed by atoms with Gasteiger partial charge < -0.3 is 20.7 Å². The van der Waals surface area contributed by atoms with Gasteiger partial charge in [0.25, 0.3) is 5.91 Å². The first-order valence-electron chi connectivity index (χ1n) is 8.97. The Hall–Kier alpha value is -3.12. The number of hydrogen-bond donors (Lipinski definition) is 3. The lowest BCUT2D eigenvalue weighted by molar-refractivity contribution is -0.123. The number of aliphatic hydroxyl groups is 1. The molecule has 1 aliphatic rings. The molecule has 2 aromatic carbocycles. The lowest BCUT2D eigenvalue weighted by Crippen LogP contribution is -2.40. The third-order valence-corrected chi connectivity index (χ3v) is 5.17. The normalized spacial score (nSPS) is 18.9. The molecule has 0 spiro atoms. The van der Waals surface area contributed by atoms with Crippen LogP contribution in [0.15, 0.2) is 54.7 Å². The number of carbonyl (C=O) groups excluding carboxylic acids is 2. The number of aromatic nitrogens is 1. The molecule has 1 heterocycles. The second kappa shape index (κ2) is 6.89. The van der Waals surface area contributed by atoms with Gasteiger partial charge in [0, 0.05) is 17.1 Å². The molecule has 0 fully saturated rings. The van der Waals surface area contributed by atoms with Crippen LogP contribution in [0.25, 0.3) is 10.9 Å². The van der Waals surface area contributed by atoms with Gasteiger partial charge in [0.05, 0.1) is 17.7 Å². The Bertz CT molecular complexity index is 1020. The number of rotatable bonds is 4. The number of para-hydroxylation sites is 1. The van der Waals surface area contributed by atoms with Gasteiger partial charge in [0.1, 0.15) is 6.54 Å². The summed E-state index contributed by atoms with van der Waals surface area (Å²) in [6.07, 6.45) is 2.40. The fourth-order valence-corrected chi connectivity index (χ4v) is 3.86. The molecule has 2 amide bonds. The van der Waals surface area contributed by atoms with Crippen molar-refractivity contribution in [1.82, 2.24) is 9.88 Å². The number of aliphatic hydroxyl groups excluding tert-OH is 1. The van der Waals surface area contributed by atoms with Crippen molar-refractivity contribution >= 4 is 22.7 Å². The summed E-state index contributed by atoms with van der Waals surface area (Å²) in [5.41, 5.74) is 8.73. The SMILES string of the molecule is NC(=O)c1cn(CC(=O)N[C@H]2c3ccccc3CC[C@H]2O)c2ccccc12. The largest absolute Gasteiger partial charge is 0.391 e. The van der Waals surface area contributed by atoms with E-state index < -0.39 is 18.1 Å². The van der Waals surface area contributed by atoms with Crippen molar-refractivity contribution in [2.45, 2.75) is 31.5 Å². The van der Waals surface area contributed by atoms with Crippen molar-refractivity contribution < 1.29 is 14.7 Å². The van der Waals surface area contributed by atoms with Crippen molar-refractivity contribution in [3.63, 3.8) is 0 Å². The smallest absolute Gasteiger partial charge is 0.250 e. The molecule has 0 aliphatic heterocycles. The maximum Gasteiger partial charge on any atom is 0.250 e. The summed E-state index contributed by atoms with van der Waals surface area (Å²) < 4.78 is 1.71. The number of nitrogens with zero attached hydrogens (tertiary/aromatic N) is 1. The zero-order chi connectivity index (χ0) is 19.0. The topological polar surface area (TPSA) is 97.4 Å². The summed E-state index contributed by atoms with van der Waals surface area (Å²) in [5.74, 6) is -0.755. The first-order valence-corrected chi connectivity index (χ1v) is 8.97. The van der Waals surface area contributed by atoms with Gasteiger partial charge in [-0.3, -0.25) is 9.59 Å². The molecule has 4 rings (SSSR count). The fourth-order valence-electron chi connectivity index (χ4n) is 3.86. The first kappa shape index (κ1) is 17.3. The molecule has 0 saturated heterocycles.